The van der Waals surface area contributed by atoms with Gasteiger partial charge >= 0.3 is 0 Å². The standard InChI is InChI=1S/C31H33N3O5/c1-37-25-11-7-6-10-24(25)32-14-16-33(17-15-32)31(36)28-21-8-4-5-9-22(21)30(35)34-13-12-20-18-26(38-2)27(39-3)19-23(20)29(28)34/h4-11,18-19,28-29H,12-17H2,1-3H3/t28-,29+/m0/s1. The fraction of sp³-hybridized carbons (Fsp3) is 0.355. The zero-order valence-corrected chi connectivity index (χ0v) is 22.6. The Morgan fingerprint density at radius 3 is 2.18 bits per heavy atom. The summed E-state index contributed by atoms with van der Waals surface area (Å²) in [5, 5.41) is 0. The number of hydrogen-bond acceptors (Lipinski definition) is 6. The van der Waals surface area contributed by atoms with Crippen LogP contribution < -0.4 is 19.1 Å². The number of hydrogen-bond donors (Lipinski definition) is 0. The molecule has 0 bridgehead atoms. The minimum absolute atomic E-state index is 0.0268. The number of ether oxygens (including phenoxy) is 3. The Morgan fingerprint density at radius 1 is 0.769 bits per heavy atom. The number of nitrogens with zero attached hydrogens (tertiary/aromatic N) is 3. The summed E-state index contributed by atoms with van der Waals surface area (Å²) in [5.74, 6) is 1.60. The second-order valence-corrected chi connectivity index (χ2v) is 10.1. The number of benzene rings is 3. The van der Waals surface area contributed by atoms with Crippen LogP contribution in [0.15, 0.2) is 60.7 Å². The van der Waals surface area contributed by atoms with E-state index in [1.54, 1.807) is 21.3 Å². The fourth-order valence-electron chi connectivity index (χ4n) is 6.38. The maximum absolute atomic E-state index is 14.4. The smallest absolute Gasteiger partial charge is 0.254 e. The van der Waals surface area contributed by atoms with E-state index in [4.69, 9.17) is 14.2 Å². The van der Waals surface area contributed by atoms with Crippen molar-refractivity contribution in [3.05, 3.63) is 82.9 Å². The van der Waals surface area contributed by atoms with Crippen molar-refractivity contribution in [2.45, 2.75) is 18.4 Å². The lowest BCUT2D eigenvalue weighted by Crippen LogP contribution is -2.54. The van der Waals surface area contributed by atoms with Gasteiger partial charge in [-0.25, -0.2) is 0 Å². The molecule has 2 amide bonds. The van der Waals surface area contributed by atoms with E-state index in [-0.39, 0.29) is 11.8 Å². The van der Waals surface area contributed by atoms with Gasteiger partial charge in [0, 0.05) is 38.3 Å². The first-order chi connectivity index (χ1) is 19.0. The number of fused-ring (bicyclic) bond motifs is 4. The Kier molecular flexibility index (Phi) is 6.54. The fourth-order valence-corrected chi connectivity index (χ4v) is 6.38. The average molecular weight is 528 g/mol. The normalized spacial score (nSPS) is 20.1. The number of carbonyl (C=O) groups excluding carboxylic acids is 2. The minimum Gasteiger partial charge on any atom is -0.495 e. The first-order valence-corrected chi connectivity index (χ1v) is 13.4. The summed E-state index contributed by atoms with van der Waals surface area (Å²) in [6.07, 6.45) is 0.693. The summed E-state index contributed by atoms with van der Waals surface area (Å²) in [6, 6.07) is 19.1. The van der Waals surface area contributed by atoms with E-state index in [2.05, 4.69) is 11.0 Å². The van der Waals surface area contributed by atoms with Gasteiger partial charge in [0.1, 0.15) is 5.75 Å². The molecule has 0 spiro atoms. The van der Waals surface area contributed by atoms with Crippen molar-refractivity contribution in [1.82, 2.24) is 9.80 Å². The number of piperazine rings is 1. The molecule has 0 unspecified atom stereocenters. The first kappa shape index (κ1) is 25.1. The molecular weight excluding hydrogens is 494 g/mol. The number of amides is 2. The molecule has 0 radical (unpaired) electrons. The minimum atomic E-state index is -0.506. The molecule has 39 heavy (non-hydrogen) atoms. The molecule has 8 heteroatoms. The molecule has 3 heterocycles. The SMILES string of the molecule is COc1cc2c(cc1OC)[C@@H]1[C@@H](C(=O)N3CCN(c4ccccc4OC)CC3)c3ccccc3C(=O)N1CC2. The van der Waals surface area contributed by atoms with Crippen LogP contribution in [0.2, 0.25) is 0 Å². The molecule has 3 aliphatic rings. The van der Waals surface area contributed by atoms with Crippen LogP contribution in [-0.2, 0) is 11.2 Å². The molecule has 8 nitrogen and oxygen atoms in total. The van der Waals surface area contributed by atoms with Crippen molar-refractivity contribution < 1.29 is 23.8 Å². The van der Waals surface area contributed by atoms with E-state index in [0.717, 1.165) is 28.1 Å². The molecule has 202 valence electrons. The van der Waals surface area contributed by atoms with Crippen LogP contribution in [0, 0.1) is 0 Å². The van der Waals surface area contributed by atoms with Crippen molar-refractivity contribution in [3.8, 4) is 17.2 Å². The van der Waals surface area contributed by atoms with Gasteiger partial charge in [-0.1, -0.05) is 30.3 Å². The van der Waals surface area contributed by atoms with Crippen molar-refractivity contribution in [2.24, 2.45) is 0 Å². The van der Waals surface area contributed by atoms with E-state index in [1.807, 2.05) is 64.4 Å². The number of anilines is 1. The molecule has 0 aliphatic carbocycles. The summed E-state index contributed by atoms with van der Waals surface area (Å²) in [6.45, 7) is 3.14. The molecule has 0 aromatic heterocycles. The number of carbonyl (C=O) groups is 2. The van der Waals surface area contributed by atoms with Gasteiger partial charge in [0.25, 0.3) is 5.91 Å². The van der Waals surface area contributed by atoms with Crippen LogP contribution in [0.3, 0.4) is 0 Å². The monoisotopic (exact) mass is 527 g/mol. The van der Waals surface area contributed by atoms with Gasteiger partial charge in [0.2, 0.25) is 5.91 Å². The second-order valence-electron chi connectivity index (χ2n) is 10.1. The van der Waals surface area contributed by atoms with Crippen LogP contribution in [0.5, 0.6) is 17.2 Å². The van der Waals surface area contributed by atoms with Crippen molar-refractivity contribution >= 4 is 17.5 Å². The highest BCUT2D eigenvalue weighted by atomic mass is 16.5. The number of rotatable bonds is 5. The maximum atomic E-state index is 14.4. The van der Waals surface area contributed by atoms with Crippen LogP contribution >= 0.6 is 0 Å². The topological polar surface area (TPSA) is 71.5 Å². The van der Waals surface area contributed by atoms with E-state index < -0.39 is 12.0 Å². The third-order valence-electron chi connectivity index (χ3n) is 8.31. The summed E-state index contributed by atoms with van der Waals surface area (Å²) >= 11 is 0. The Hall–Kier alpha value is -4.20. The third kappa shape index (κ3) is 4.15. The third-order valence-corrected chi connectivity index (χ3v) is 8.31. The molecule has 6 rings (SSSR count). The van der Waals surface area contributed by atoms with E-state index >= 15 is 0 Å². The Bertz CT molecular complexity index is 1420. The lowest BCUT2D eigenvalue weighted by Gasteiger charge is -2.47. The molecule has 2 atom stereocenters. The molecule has 0 saturated carbocycles. The van der Waals surface area contributed by atoms with E-state index in [1.165, 1.54) is 0 Å². The Balaban J connectivity index is 1.36. The largest absolute Gasteiger partial charge is 0.495 e. The molecule has 1 fully saturated rings. The van der Waals surface area contributed by atoms with Crippen molar-refractivity contribution in [3.63, 3.8) is 0 Å². The van der Waals surface area contributed by atoms with Gasteiger partial charge in [-0.3, -0.25) is 9.59 Å². The van der Waals surface area contributed by atoms with Gasteiger partial charge in [0.05, 0.1) is 39.0 Å². The zero-order valence-electron chi connectivity index (χ0n) is 22.6. The van der Waals surface area contributed by atoms with E-state index in [9.17, 15) is 9.59 Å². The summed E-state index contributed by atoms with van der Waals surface area (Å²) in [5.41, 5.74) is 4.48. The van der Waals surface area contributed by atoms with Gasteiger partial charge in [0.15, 0.2) is 11.5 Å². The lowest BCUT2D eigenvalue weighted by atomic mass is 9.75. The second kappa shape index (κ2) is 10.2. The van der Waals surface area contributed by atoms with E-state index in [0.29, 0.717) is 56.2 Å². The summed E-state index contributed by atoms with van der Waals surface area (Å²) < 4.78 is 16.7. The van der Waals surface area contributed by atoms with Crippen LogP contribution in [-0.4, -0.2) is 75.7 Å². The lowest BCUT2D eigenvalue weighted by molar-refractivity contribution is -0.135. The van der Waals surface area contributed by atoms with Gasteiger partial charge in [-0.15, -0.1) is 0 Å². The average Bonchev–Trinajstić information content (AvgIpc) is 3.00. The molecule has 3 aromatic rings. The van der Waals surface area contributed by atoms with Crippen molar-refractivity contribution in [1.29, 1.82) is 0 Å². The predicted octanol–water partition coefficient (Wildman–Crippen LogP) is 3.90. The number of para-hydroxylation sites is 2. The predicted molar refractivity (Wildman–Crippen MR) is 148 cm³/mol. The zero-order chi connectivity index (χ0) is 27.1. The maximum Gasteiger partial charge on any atom is 0.254 e. The Labute approximate surface area is 228 Å². The molecule has 3 aromatic carbocycles. The highest BCUT2D eigenvalue weighted by molar-refractivity contribution is 6.01. The molecule has 0 N–H and O–H groups in total. The first-order valence-electron chi connectivity index (χ1n) is 13.4. The quantitative estimate of drug-likeness (QED) is 0.501. The van der Waals surface area contributed by atoms with Crippen LogP contribution in [0.25, 0.3) is 0 Å². The molecule has 3 aliphatic heterocycles. The Morgan fingerprint density at radius 2 is 1.44 bits per heavy atom. The summed E-state index contributed by atoms with van der Waals surface area (Å²) in [4.78, 5) is 34.2. The van der Waals surface area contributed by atoms with Crippen molar-refractivity contribution in [2.75, 3.05) is 59.0 Å². The molecule has 1 saturated heterocycles. The summed E-state index contributed by atoms with van der Waals surface area (Å²) in [7, 11) is 4.91. The highest BCUT2D eigenvalue weighted by Gasteiger charge is 2.48. The van der Waals surface area contributed by atoms with Gasteiger partial charge in [-0.2, -0.15) is 0 Å². The number of methoxy groups -OCH3 is 3. The van der Waals surface area contributed by atoms with Gasteiger partial charge < -0.3 is 28.9 Å². The van der Waals surface area contributed by atoms with Crippen LogP contribution in [0.4, 0.5) is 5.69 Å². The molecular formula is C31H33N3O5. The van der Waals surface area contributed by atoms with Crippen LogP contribution in [0.1, 0.15) is 39.0 Å². The van der Waals surface area contributed by atoms with Gasteiger partial charge in [-0.05, 0) is 53.4 Å². The highest BCUT2D eigenvalue weighted by Crippen LogP contribution is 2.49.